The van der Waals surface area contributed by atoms with Gasteiger partial charge >= 0.3 is 0 Å². The predicted molar refractivity (Wildman–Crippen MR) is 105 cm³/mol. The second kappa shape index (κ2) is 7.13. The molecule has 0 radical (unpaired) electrons. The van der Waals surface area contributed by atoms with E-state index in [4.69, 9.17) is 0 Å². The number of likely N-dealkylation sites (tertiary alicyclic amines) is 2. The molecule has 4 rings (SSSR count). The summed E-state index contributed by atoms with van der Waals surface area (Å²) in [6, 6.07) is 3.76. The van der Waals surface area contributed by atoms with Crippen molar-refractivity contribution in [3.8, 4) is 0 Å². The minimum atomic E-state index is -0.223. The molecule has 3 aliphatic rings. The Kier molecular flexibility index (Phi) is 4.82. The first-order valence-corrected chi connectivity index (χ1v) is 10.2. The molecule has 1 unspecified atom stereocenters. The molecule has 2 amide bonds. The van der Waals surface area contributed by atoms with Gasteiger partial charge in [0.1, 0.15) is 5.82 Å². The monoisotopic (exact) mass is 370 g/mol. The van der Waals surface area contributed by atoms with Crippen molar-refractivity contribution >= 4 is 17.6 Å². The second-order valence-electron chi connectivity index (χ2n) is 8.65. The van der Waals surface area contributed by atoms with Crippen LogP contribution in [-0.4, -0.2) is 66.4 Å². The molecule has 3 saturated heterocycles. The fourth-order valence-electron chi connectivity index (χ4n) is 4.90. The molecule has 0 aromatic carbocycles. The van der Waals surface area contributed by atoms with Gasteiger partial charge in [0.15, 0.2) is 0 Å². The van der Waals surface area contributed by atoms with Gasteiger partial charge in [-0.25, -0.2) is 4.98 Å². The highest BCUT2D eigenvalue weighted by Crippen LogP contribution is 2.41. The van der Waals surface area contributed by atoms with Crippen LogP contribution in [0.15, 0.2) is 18.3 Å². The first-order chi connectivity index (χ1) is 13.0. The van der Waals surface area contributed by atoms with Crippen molar-refractivity contribution < 1.29 is 9.59 Å². The highest BCUT2D eigenvalue weighted by molar-refractivity contribution is 5.95. The van der Waals surface area contributed by atoms with E-state index in [2.05, 4.69) is 16.8 Å². The average Bonchev–Trinajstić information content (AvgIpc) is 2.97. The van der Waals surface area contributed by atoms with Crippen LogP contribution in [0.1, 0.15) is 49.4 Å². The third-order valence-electron chi connectivity index (χ3n) is 6.71. The Labute approximate surface area is 161 Å². The molecular formula is C21H30N4O2. The van der Waals surface area contributed by atoms with Crippen LogP contribution < -0.4 is 4.90 Å². The zero-order chi connectivity index (χ0) is 19.0. The van der Waals surface area contributed by atoms with E-state index in [0.29, 0.717) is 24.6 Å². The maximum atomic E-state index is 13.0. The van der Waals surface area contributed by atoms with Crippen LogP contribution in [0.2, 0.25) is 0 Å². The lowest BCUT2D eigenvalue weighted by molar-refractivity contribution is -0.137. The van der Waals surface area contributed by atoms with E-state index in [1.54, 1.807) is 6.20 Å². The first-order valence-electron chi connectivity index (χ1n) is 10.2. The van der Waals surface area contributed by atoms with Gasteiger partial charge in [-0.1, -0.05) is 6.92 Å². The zero-order valence-corrected chi connectivity index (χ0v) is 16.5. The number of carbonyl (C=O) groups excluding carboxylic acids is 2. The van der Waals surface area contributed by atoms with Gasteiger partial charge in [-0.2, -0.15) is 0 Å². The molecular weight excluding hydrogens is 340 g/mol. The minimum Gasteiger partial charge on any atom is -0.356 e. The molecule has 0 bridgehead atoms. The Hall–Kier alpha value is -2.11. The molecule has 1 aromatic rings. The smallest absolute Gasteiger partial charge is 0.254 e. The number of anilines is 1. The molecule has 1 atom stereocenters. The van der Waals surface area contributed by atoms with E-state index in [-0.39, 0.29) is 17.2 Å². The highest BCUT2D eigenvalue weighted by Gasteiger charge is 2.47. The number of hydrogen-bond donors (Lipinski definition) is 0. The molecule has 6 nitrogen and oxygen atoms in total. The topological polar surface area (TPSA) is 56.8 Å². The Morgan fingerprint density at radius 3 is 2.59 bits per heavy atom. The summed E-state index contributed by atoms with van der Waals surface area (Å²) in [5.41, 5.74) is 0.489. The van der Waals surface area contributed by atoms with Crippen LogP contribution >= 0.6 is 0 Å². The summed E-state index contributed by atoms with van der Waals surface area (Å²) in [6.07, 6.45) is 6.68. The Morgan fingerprint density at radius 1 is 1.19 bits per heavy atom. The normalized spacial score (nSPS) is 25.3. The molecule has 3 fully saturated rings. The lowest BCUT2D eigenvalue weighted by atomic mass is 9.77. The van der Waals surface area contributed by atoms with Gasteiger partial charge in [-0.15, -0.1) is 0 Å². The molecule has 0 saturated carbocycles. The van der Waals surface area contributed by atoms with Crippen LogP contribution in [0.4, 0.5) is 5.82 Å². The van der Waals surface area contributed by atoms with E-state index < -0.39 is 0 Å². The Morgan fingerprint density at radius 2 is 1.93 bits per heavy atom. The van der Waals surface area contributed by atoms with Gasteiger partial charge in [0.05, 0.1) is 5.41 Å². The number of nitrogens with zero attached hydrogens (tertiary/aromatic N) is 4. The molecule has 6 heteroatoms. The lowest BCUT2D eigenvalue weighted by Gasteiger charge is -2.38. The molecule has 4 heterocycles. The van der Waals surface area contributed by atoms with E-state index in [1.165, 1.54) is 12.8 Å². The predicted octanol–water partition coefficient (Wildman–Crippen LogP) is 2.40. The third kappa shape index (κ3) is 3.42. The number of piperidine rings is 2. The summed E-state index contributed by atoms with van der Waals surface area (Å²) in [5, 5.41) is 0. The van der Waals surface area contributed by atoms with Crippen molar-refractivity contribution in [3.05, 3.63) is 23.9 Å². The Balaban J connectivity index is 1.43. The summed E-state index contributed by atoms with van der Waals surface area (Å²) in [4.78, 5) is 36.1. The zero-order valence-electron chi connectivity index (χ0n) is 16.5. The van der Waals surface area contributed by atoms with E-state index >= 15 is 0 Å². The largest absolute Gasteiger partial charge is 0.356 e. The lowest BCUT2D eigenvalue weighted by Crippen LogP contribution is -2.46. The van der Waals surface area contributed by atoms with Gasteiger partial charge in [0, 0.05) is 51.5 Å². The van der Waals surface area contributed by atoms with Gasteiger partial charge in [0.2, 0.25) is 5.91 Å². The summed E-state index contributed by atoms with van der Waals surface area (Å²) < 4.78 is 0. The number of hydrogen-bond acceptors (Lipinski definition) is 4. The number of aromatic nitrogens is 1. The maximum absolute atomic E-state index is 13.0. The summed E-state index contributed by atoms with van der Waals surface area (Å²) in [5.74, 6) is 1.91. The van der Waals surface area contributed by atoms with Crippen molar-refractivity contribution in [3.63, 3.8) is 0 Å². The fraction of sp³-hybridized carbons (Fsp3) is 0.667. The number of carbonyl (C=O) groups is 2. The average molecular weight is 370 g/mol. The van der Waals surface area contributed by atoms with Crippen molar-refractivity contribution in [1.29, 1.82) is 0 Å². The van der Waals surface area contributed by atoms with Crippen molar-refractivity contribution in [1.82, 2.24) is 14.8 Å². The molecule has 1 aromatic heterocycles. The molecule has 0 aliphatic carbocycles. The van der Waals surface area contributed by atoms with E-state index in [0.717, 1.165) is 44.7 Å². The molecule has 1 spiro atoms. The third-order valence-corrected chi connectivity index (χ3v) is 6.71. The van der Waals surface area contributed by atoms with E-state index in [9.17, 15) is 9.59 Å². The summed E-state index contributed by atoms with van der Waals surface area (Å²) in [6.45, 7) is 6.46. The Bertz CT molecular complexity index is 727. The van der Waals surface area contributed by atoms with Crippen LogP contribution in [-0.2, 0) is 4.79 Å². The number of amides is 2. The number of pyridine rings is 1. The van der Waals surface area contributed by atoms with Crippen LogP contribution in [0.25, 0.3) is 0 Å². The second-order valence-corrected chi connectivity index (χ2v) is 8.65. The fourth-order valence-corrected chi connectivity index (χ4v) is 4.90. The quantitative estimate of drug-likeness (QED) is 0.802. The maximum Gasteiger partial charge on any atom is 0.254 e. The highest BCUT2D eigenvalue weighted by atomic mass is 16.2. The van der Waals surface area contributed by atoms with Crippen molar-refractivity contribution in [2.45, 2.75) is 39.0 Å². The van der Waals surface area contributed by atoms with Gasteiger partial charge < -0.3 is 14.7 Å². The van der Waals surface area contributed by atoms with Gasteiger partial charge in [0.25, 0.3) is 5.91 Å². The van der Waals surface area contributed by atoms with Crippen LogP contribution in [0, 0.1) is 11.3 Å². The number of rotatable bonds is 2. The van der Waals surface area contributed by atoms with Gasteiger partial charge in [-0.3, -0.25) is 9.59 Å². The standard InChI is InChI=1S/C21H30N4O2/c1-16-4-3-10-25(15-16)18-14-17(5-9-22-18)19(26)24-12-7-21(8-13-24)6-11-23(2)20(21)27/h5,9,14,16H,3-4,6-8,10-13,15H2,1-2H3. The van der Waals surface area contributed by atoms with Crippen molar-refractivity contribution in [2.24, 2.45) is 11.3 Å². The molecule has 146 valence electrons. The van der Waals surface area contributed by atoms with Crippen LogP contribution in [0.5, 0.6) is 0 Å². The van der Waals surface area contributed by atoms with Gasteiger partial charge in [-0.05, 0) is 50.2 Å². The summed E-state index contributed by atoms with van der Waals surface area (Å²) in [7, 11) is 1.88. The van der Waals surface area contributed by atoms with Crippen LogP contribution in [0.3, 0.4) is 0 Å². The van der Waals surface area contributed by atoms with E-state index in [1.807, 2.05) is 29.0 Å². The molecule has 3 aliphatic heterocycles. The van der Waals surface area contributed by atoms with Crippen molar-refractivity contribution in [2.75, 3.05) is 44.7 Å². The molecule has 0 N–H and O–H groups in total. The summed E-state index contributed by atoms with van der Waals surface area (Å²) >= 11 is 0. The SMILES string of the molecule is CC1CCCN(c2cc(C(=O)N3CCC4(CCN(C)C4=O)CC3)ccn2)C1. The first kappa shape index (κ1) is 18.3. The molecule has 27 heavy (non-hydrogen) atoms. The minimum absolute atomic E-state index is 0.0670.